The number of pyridine rings is 2. The fraction of sp³-hybridized carbons (Fsp3) is 0.607. The van der Waals surface area contributed by atoms with E-state index in [0.29, 0.717) is 11.8 Å². The van der Waals surface area contributed by atoms with Gasteiger partial charge in [-0.05, 0) is 129 Å². The highest BCUT2D eigenvalue weighted by Gasteiger charge is 2.33. The van der Waals surface area contributed by atoms with Crippen LogP contribution in [0.3, 0.4) is 0 Å². The lowest BCUT2D eigenvalue weighted by molar-refractivity contribution is 0.248. The molecule has 10 heteroatoms. The minimum atomic E-state index is -1.23. The molecular weight excluding hydrogens is 648 g/mol. The van der Waals surface area contributed by atoms with Gasteiger partial charge < -0.3 is 0 Å². The maximum atomic E-state index is 12.3. The van der Waals surface area contributed by atoms with Crippen LogP contribution in [0.2, 0.25) is 0 Å². The Hall–Kier alpha value is -0.810. The van der Waals surface area contributed by atoms with E-state index in [1.807, 2.05) is 77.9 Å². The van der Waals surface area contributed by atoms with Crippen molar-refractivity contribution in [3.05, 3.63) is 57.0 Å². The molecule has 38 heavy (non-hydrogen) atoms. The van der Waals surface area contributed by atoms with E-state index in [-0.39, 0.29) is 15.5 Å². The molecule has 0 aliphatic heterocycles. The fourth-order valence-electron chi connectivity index (χ4n) is 3.85. The molecule has 0 saturated heterocycles. The summed E-state index contributed by atoms with van der Waals surface area (Å²) in [5, 5.41) is 0. The Kier molecular flexibility index (Phi) is 11.4. The SMILES string of the molecule is CC(C)(C)[S@@](=O)N=C(c1cccc(Br)n1)C1CCC1.CC(C)(C)[S@@](=O)N[C@H](c1cccc(Br)n1)C1CCC1. The third-order valence-corrected chi connectivity index (χ3v) is 10.5. The second-order valence-electron chi connectivity index (χ2n) is 11.9. The fourth-order valence-corrected chi connectivity index (χ4v) is 6.14. The van der Waals surface area contributed by atoms with Crippen molar-refractivity contribution >= 4 is 59.5 Å². The van der Waals surface area contributed by atoms with Crippen molar-refractivity contribution in [2.75, 3.05) is 0 Å². The van der Waals surface area contributed by atoms with E-state index in [2.05, 4.69) is 50.9 Å². The second-order valence-corrected chi connectivity index (χ2v) is 17.4. The first-order valence-corrected chi connectivity index (χ1v) is 17.0. The summed E-state index contributed by atoms with van der Waals surface area (Å²) >= 11 is 6.79. The molecule has 2 heterocycles. The van der Waals surface area contributed by atoms with Gasteiger partial charge in [-0.1, -0.05) is 25.0 Å². The Labute approximate surface area is 250 Å². The third kappa shape index (κ3) is 9.11. The van der Waals surface area contributed by atoms with Crippen LogP contribution in [0.4, 0.5) is 0 Å². The number of hydrogen-bond donors (Lipinski definition) is 1. The van der Waals surface area contributed by atoms with Crippen molar-refractivity contribution in [2.24, 2.45) is 16.2 Å². The van der Waals surface area contributed by atoms with Gasteiger partial charge in [-0.25, -0.2) is 23.1 Å². The maximum Gasteiger partial charge on any atom is 0.145 e. The molecular formula is C28H40Br2N4O2S2. The van der Waals surface area contributed by atoms with Crippen molar-refractivity contribution in [2.45, 2.75) is 95.6 Å². The lowest BCUT2D eigenvalue weighted by Crippen LogP contribution is -2.40. The first-order chi connectivity index (χ1) is 17.8. The smallest absolute Gasteiger partial charge is 0.145 e. The van der Waals surface area contributed by atoms with Gasteiger partial charge in [0.25, 0.3) is 0 Å². The summed E-state index contributed by atoms with van der Waals surface area (Å²) in [7, 11) is -2.30. The van der Waals surface area contributed by atoms with Crippen LogP contribution in [0.1, 0.15) is 97.5 Å². The van der Waals surface area contributed by atoms with Gasteiger partial charge in [-0.2, -0.15) is 4.40 Å². The molecule has 2 aliphatic carbocycles. The van der Waals surface area contributed by atoms with Gasteiger partial charge >= 0.3 is 0 Å². The summed E-state index contributed by atoms with van der Waals surface area (Å²) in [6.07, 6.45) is 7.10. The quantitative estimate of drug-likeness (QED) is 0.240. The molecule has 2 aromatic rings. The molecule has 4 rings (SSSR count). The van der Waals surface area contributed by atoms with Crippen molar-refractivity contribution in [1.29, 1.82) is 0 Å². The first-order valence-electron chi connectivity index (χ1n) is 13.2. The molecule has 0 amide bonds. The van der Waals surface area contributed by atoms with Crippen LogP contribution in [-0.2, 0) is 22.0 Å². The molecule has 0 bridgehead atoms. The molecule has 0 radical (unpaired) electrons. The Morgan fingerprint density at radius 2 is 1.47 bits per heavy atom. The standard InChI is InChI=1S/C14H21BrN2OS.C14H19BrN2OS/c2*1-14(2,3)19(18)17-13(10-6-4-7-10)11-8-5-9-12(15)16-11/h5,8-10,13,17H,4,6-7H2,1-3H3;5,8-10H,4,6-7H2,1-3H3/t13-,19+;19-/m01/s1. The molecule has 1 N–H and O–H groups in total. The van der Waals surface area contributed by atoms with Gasteiger partial charge in [0.15, 0.2) is 0 Å². The van der Waals surface area contributed by atoms with E-state index in [1.54, 1.807) is 0 Å². The van der Waals surface area contributed by atoms with Gasteiger partial charge in [-0.15, -0.1) is 0 Å². The molecule has 2 fully saturated rings. The molecule has 2 saturated carbocycles. The van der Waals surface area contributed by atoms with Crippen molar-refractivity contribution in [3.63, 3.8) is 0 Å². The van der Waals surface area contributed by atoms with E-state index in [1.165, 1.54) is 25.7 Å². The molecule has 2 aliphatic rings. The predicted octanol–water partition coefficient (Wildman–Crippen LogP) is 7.63. The number of aromatic nitrogens is 2. The van der Waals surface area contributed by atoms with Crippen molar-refractivity contribution in [3.8, 4) is 0 Å². The van der Waals surface area contributed by atoms with Crippen LogP contribution in [0, 0.1) is 11.8 Å². The van der Waals surface area contributed by atoms with Crippen LogP contribution in [0.25, 0.3) is 0 Å². The highest BCUT2D eigenvalue weighted by molar-refractivity contribution is 9.10. The zero-order chi connectivity index (χ0) is 28.1. The van der Waals surface area contributed by atoms with Gasteiger partial charge in [0, 0.05) is 5.92 Å². The number of hydrogen-bond acceptors (Lipinski definition) is 4. The van der Waals surface area contributed by atoms with Crippen molar-refractivity contribution in [1.82, 2.24) is 14.7 Å². The van der Waals surface area contributed by atoms with E-state index >= 15 is 0 Å². The Bertz CT molecular complexity index is 1170. The second kappa shape index (κ2) is 13.7. The van der Waals surface area contributed by atoms with Crippen LogP contribution < -0.4 is 4.72 Å². The minimum Gasteiger partial charge on any atom is -0.244 e. The highest BCUT2D eigenvalue weighted by atomic mass is 79.9. The van der Waals surface area contributed by atoms with Gasteiger partial charge in [0.2, 0.25) is 0 Å². The molecule has 0 aromatic carbocycles. The van der Waals surface area contributed by atoms with Crippen LogP contribution in [0.15, 0.2) is 50.0 Å². The Morgan fingerprint density at radius 1 is 0.895 bits per heavy atom. The summed E-state index contributed by atoms with van der Waals surface area (Å²) in [6.45, 7) is 11.8. The number of nitrogens with one attached hydrogen (secondary N) is 1. The lowest BCUT2D eigenvalue weighted by Gasteiger charge is -2.35. The van der Waals surface area contributed by atoms with E-state index in [0.717, 1.165) is 39.1 Å². The maximum absolute atomic E-state index is 12.3. The number of halogens is 2. The molecule has 0 spiro atoms. The summed E-state index contributed by atoms with van der Waals surface area (Å²) in [6, 6.07) is 11.8. The summed E-state index contributed by atoms with van der Waals surface area (Å²) < 4.78 is 33.4. The van der Waals surface area contributed by atoms with Gasteiger partial charge in [0.05, 0.1) is 43.6 Å². The van der Waals surface area contributed by atoms with Crippen LogP contribution >= 0.6 is 31.9 Å². The Morgan fingerprint density at radius 3 is 1.92 bits per heavy atom. The predicted molar refractivity (Wildman–Crippen MR) is 167 cm³/mol. The molecule has 2 aromatic heterocycles. The molecule has 6 nitrogen and oxygen atoms in total. The average Bonchev–Trinajstić information content (AvgIpc) is 2.75. The first kappa shape index (κ1) is 31.7. The third-order valence-electron chi connectivity index (χ3n) is 6.64. The largest absolute Gasteiger partial charge is 0.244 e. The van der Waals surface area contributed by atoms with Crippen LogP contribution in [-0.4, -0.2) is 33.6 Å². The average molecular weight is 689 g/mol. The highest BCUT2D eigenvalue weighted by Crippen LogP contribution is 2.38. The van der Waals surface area contributed by atoms with Crippen molar-refractivity contribution < 1.29 is 8.42 Å². The van der Waals surface area contributed by atoms with E-state index in [4.69, 9.17) is 0 Å². The molecule has 0 unspecified atom stereocenters. The monoisotopic (exact) mass is 686 g/mol. The normalized spacial score (nSPS) is 19.4. The number of nitrogens with zero attached hydrogens (tertiary/aromatic N) is 3. The topological polar surface area (TPSA) is 84.3 Å². The lowest BCUT2D eigenvalue weighted by atomic mass is 9.79. The molecule has 210 valence electrons. The van der Waals surface area contributed by atoms with E-state index in [9.17, 15) is 8.42 Å². The minimum absolute atomic E-state index is 0.0892. The Balaban J connectivity index is 0.000000211. The van der Waals surface area contributed by atoms with Crippen LogP contribution in [0.5, 0.6) is 0 Å². The van der Waals surface area contributed by atoms with Gasteiger partial charge in [0.1, 0.15) is 20.2 Å². The summed E-state index contributed by atoms with van der Waals surface area (Å²) in [5.74, 6) is 0.959. The van der Waals surface area contributed by atoms with E-state index < -0.39 is 22.0 Å². The number of rotatable bonds is 7. The zero-order valence-corrected chi connectivity index (χ0v) is 28.0. The zero-order valence-electron chi connectivity index (χ0n) is 23.2. The summed E-state index contributed by atoms with van der Waals surface area (Å²) in [4.78, 5) is 8.99. The molecule has 3 atom stereocenters. The summed E-state index contributed by atoms with van der Waals surface area (Å²) in [5.41, 5.74) is 2.73. The van der Waals surface area contributed by atoms with Gasteiger partial charge in [-0.3, -0.25) is 0 Å².